The molecule has 2 heterocycles. The molecule has 4 rings (SSSR count). The number of rotatable bonds is 4. The van der Waals surface area contributed by atoms with E-state index in [4.69, 9.17) is 0 Å². The summed E-state index contributed by atoms with van der Waals surface area (Å²) < 4.78 is 1.91. The molecule has 1 N–H and O–H groups in total. The van der Waals surface area contributed by atoms with Gasteiger partial charge in [-0.15, -0.1) is 0 Å². The Labute approximate surface area is 176 Å². The SMILES string of the molecule is CC1=C(C#N)C(c2cccc(-c3cnn(Cc4ccccc4)c3)c2)C(C#N)=C(C)N1. The summed E-state index contributed by atoms with van der Waals surface area (Å²) in [5, 5.41) is 27.1. The zero-order valence-electron chi connectivity index (χ0n) is 16.9. The van der Waals surface area contributed by atoms with Crippen molar-refractivity contribution in [2.75, 3.05) is 0 Å². The zero-order valence-corrected chi connectivity index (χ0v) is 16.9. The predicted octanol–water partition coefficient (Wildman–Crippen LogP) is 4.88. The first-order valence-electron chi connectivity index (χ1n) is 9.76. The highest BCUT2D eigenvalue weighted by Gasteiger charge is 2.29. The highest BCUT2D eigenvalue weighted by Crippen LogP contribution is 2.38. The Morgan fingerprint density at radius 2 is 1.63 bits per heavy atom. The third-order valence-electron chi connectivity index (χ3n) is 5.38. The molecular formula is C25H21N5. The number of nitrogens with zero attached hydrogens (tertiary/aromatic N) is 4. The van der Waals surface area contributed by atoms with E-state index in [0.29, 0.717) is 17.7 Å². The van der Waals surface area contributed by atoms with Crippen LogP contribution in [0.2, 0.25) is 0 Å². The molecule has 5 nitrogen and oxygen atoms in total. The molecule has 0 atom stereocenters. The van der Waals surface area contributed by atoms with Crippen molar-refractivity contribution in [1.29, 1.82) is 10.5 Å². The largest absolute Gasteiger partial charge is 0.361 e. The molecule has 0 radical (unpaired) electrons. The van der Waals surface area contributed by atoms with Gasteiger partial charge >= 0.3 is 0 Å². The first-order chi connectivity index (χ1) is 14.6. The number of dihydropyridines is 1. The third-order valence-corrected chi connectivity index (χ3v) is 5.38. The van der Waals surface area contributed by atoms with Crippen LogP contribution in [0, 0.1) is 22.7 Å². The van der Waals surface area contributed by atoms with Gasteiger partial charge in [0.25, 0.3) is 0 Å². The summed E-state index contributed by atoms with van der Waals surface area (Å²) in [4.78, 5) is 0. The van der Waals surface area contributed by atoms with Gasteiger partial charge in [0.2, 0.25) is 0 Å². The summed E-state index contributed by atoms with van der Waals surface area (Å²) >= 11 is 0. The number of aromatic nitrogens is 2. The molecule has 5 heteroatoms. The fourth-order valence-electron chi connectivity index (χ4n) is 3.89. The van der Waals surface area contributed by atoms with E-state index in [1.165, 1.54) is 5.56 Å². The number of nitriles is 2. The summed E-state index contributed by atoms with van der Waals surface area (Å²) in [6.45, 7) is 4.46. The first kappa shape index (κ1) is 19.2. The summed E-state index contributed by atoms with van der Waals surface area (Å²) in [5.74, 6) is -0.361. The van der Waals surface area contributed by atoms with Crippen LogP contribution in [0.25, 0.3) is 11.1 Å². The van der Waals surface area contributed by atoms with Crippen LogP contribution in [0.3, 0.4) is 0 Å². The molecule has 0 spiro atoms. The first-order valence-corrected chi connectivity index (χ1v) is 9.76. The molecule has 146 valence electrons. The zero-order chi connectivity index (χ0) is 21.1. The lowest BCUT2D eigenvalue weighted by Gasteiger charge is -2.26. The van der Waals surface area contributed by atoms with Crippen molar-refractivity contribution in [3.05, 3.63) is 101 Å². The van der Waals surface area contributed by atoms with Crippen LogP contribution in [0.15, 0.2) is 89.5 Å². The Morgan fingerprint density at radius 3 is 2.30 bits per heavy atom. The van der Waals surface area contributed by atoms with Crippen molar-refractivity contribution in [1.82, 2.24) is 15.1 Å². The van der Waals surface area contributed by atoms with Crippen molar-refractivity contribution in [3.63, 3.8) is 0 Å². The van der Waals surface area contributed by atoms with Gasteiger partial charge in [-0.05, 0) is 30.5 Å². The molecule has 3 aromatic rings. The lowest BCUT2D eigenvalue weighted by atomic mass is 9.81. The lowest BCUT2D eigenvalue weighted by Crippen LogP contribution is -2.23. The minimum atomic E-state index is -0.361. The van der Waals surface area contributed by atoms with Crippen molar-refractivity contribution >= 4 is 0 Å². The molecule has 0 saturated carbocycles. The number of hydrogen-bond donors (Lipinski definition) is 1. The molecule has 0 amide bonds. The van der Waals surface area contributed by atoms with E-state index < -0.39 is 0 Å². The fraction of sp³-hybridized carbons (Fsp3) is 0.160. The van der Waals surface area contributed by atoms with Crippen molar-refractivity contribution < 1.29 is 0 Å². The summed E-state index contributed by atoms with van der Waals surface area (Å²) in [6.07, 6.45) is 3.87. The number of hydrogen-bond acceptors (Lipinski definition) is 4. The monoisotopic (exact) mass is 391 g/mol. The Bertz CT molecular complexity index is 1200. The van der Waals surface area contributed by atoms with Gasteiger partial charge in [0.15, 0.2) is 0 Å². The number of nitrogens with one attached hydrogen (secondary N) is 1. The molecule has 0 saturated heterocycles. The summed E-state index contributed by atoms with van der Waals surface area (Å²) in [6, 6.07) is 22.8. The molecule has 1 aliphatic heterocycles. The van der Waals surface area contributed by atoms with E-state index in [1.54, 1.807) is 0 Å². The van der Waals surface area contributed by atoms with E-state index in [1.807, 2.05) is 67.3 Å². The molecule has 0 bridgehead atoms. The Balaban J connectivity index is 1.69. The molecule has 2 aromatic carbocycles. The lowest BCUT2D eigenvalue weighted by molar-refractivity contribution is 0.687. The molecule has 0 aliphatic carbocycles. The Kier molecular flexibility index (Phi) is 5.20. The standard InChI is InChI=1S/C25H21N5/c1-17-23(12-26)25(24(13-27)18(2)29-17)21-10-6-9-20(11-21)22-14-28-30(16-22)15-19-7-4-3-5-8-19/h3-11,14,16,25,29H,15H2,1-2H3. The van der Waals surface area contributed by atoms with Crippen LogP contribution in [0.1, 0.15) is 30.9 Å². The maximum Gasteiger partial charge on any atom is 0.0975 e. The average Bonchev–Trinajstić information content (AvgIpc) is 3.22. The normalized spacial score (nSPS) is 14.3. The molecule has 30 heavy (non-hydrogen) atoms. The Hall–Kier alpha value is -4.09. The van der Waals surface area contributed by atoms with Crippen LogP contribution >= 0.6 is 0 Å². The minimum absolute atomic E-state index is 0.361. The maximum atomic E-state index is 9.73. The Morgan fingerprint density at radius 1 is 0.933 bits per heavy atom. The van der Waals surface area contributed by atoms with Gasteiger partial charge in [-0.3, -0.25) is 4.68 Å². The van der Waals surface area contributed by atoms with Crippen molar-refractivity contribution in [2.24, 2.45) is 0 Å². The van der Waals surface area contributed by atoms with Crippen molar-refractivity contribution in [2.45, 2.75) is 26.3 Å². The summed E-state index contributed by atoms with van der Waals surface area (Å²) in [7, 11) is 0. The highest BCUT2D eigenvalue weighted by molar-refractivity contribution is 5.65. The molecule has 0 unspecified atom stereocenters. The highest BCUT2D eigenvalue weighted by atomic mass is 15.3. The van der Waals surface area contributed by atoms with Gasteiger partial charge in [-0.1, -0.05) is 54.6 Å². The van der Waals surface area contributed by atoms with Gasteiger partial charge in [0.1, 0.15) is 0 Å². The van der Waals surface area contributed by atoms with Crippen LogP contribution in [-0.2, 0) is 6.54 Å². The molecule has 0 fully saturated rings. The van der Waals surface area contributed by atoms with E-state index in [0.717, 1.165) is 28.1 Å². The number of benzene rings is 2. The second-order valence-electron chi connectivity index (χ2n) is 7.40. The van der Waals surface area contributed by atoms with Gasteiger partial charge in [-0.25, -0.2) is 0 Å². The van der Waals surface area contributed by atoms with Crippen LogP contribution in [0.5, 0.6) is 0 Å². The number of allylic oxidation sites excluding steroid dienone is 4. The van der Waals surface area contributed by atoms with E-state index in [9.17, 15) is 10.5 Å². The summed E-state index contributed by atoms with van der Waals surface area (Å²) in [5.41, 5.74) is 6.87. The van der Waals surface area contributed by atoms with Gasteiger partial charge in [0, 0.05) is 23.2 Å². The van der Waals surface area contributed by atoms with Gasteiger partial charge < -0.3 is 5.32 Å². The van der Waals surface area contributed by atoms with Gasteiger partial charge in [0.05, 0.1) is 41.9 Å². The quantitative estimate of drug-likeness (QED) is 0.687. The molecule has 1 aromatic heterocycles. The van der Waals surface area contributed by atoms with Gasteiger partial charge in [-0.2, -0.15) is 15.6 Å². The van der Waals surface area contributed by atoms with E-state index >= 15 is 0 Å². The van der Waals surface area contributed by atoms with Crippen LogP contribution in [-0.4, -0.2) is 9.78 Å². The van der Waals surface area contributed by atoms with E-state index in [-0.39, 0.29) is 5.92 Å². The molecule has 1 aliphatic rings. The second-order valence-corrected chi connectivity index (χ2v) is 7.40. The van der Waals surface area contributed by atoms with Crippen LogP contribution < -0.4 is 5.32 Å². The minimum Gasteiger partial charge on any atom is -0.361 e. The van der Waals surface area contributed by atoms with Crippen LogP contribution in [0.4, 0.5) is 0 Å². The van der Waals surface area contributed by atoms with E-state index in [2.05, 4.69) is 40.8 Å². The maximum absolute atomic E-state index is 9.73. The predicted molar refractivity (Wildman–Crippen MR) is 116 cm³/mol. The molecular weight excluding hydrogens is 370 g/mol. The van der Waals surface area contributed by atoms with Crippen molar-refractivity contribution in [3.8, 4) is 23.3 Å². The average molecular weight is 391 g/mol. The topological polar surface area (TPSA) is 77.4 Å². The second kappa shape index (κ2) is 8.11. The third kappa shape index (κ3) is 3.62. The fourth-order valence-corrected chi connectivity index (χ4v) is 3.89. The smallest absolute Gasteiger partial charge is 0.0975 e.